The van der Waals surface area contributed by atoms with Gasteiger partial charge in [0.15, 0.2) is 0 Å². The molecule has 8 nitrogen and oxygen atoms in total. The molecule has 0 spiro atoms. The van der Waals surface area contributed by atoms with Crippen molar-refractivity contribution in [3.63, 3.8) is 0 Å². The highest BCUT2D eigenvalue weighted by molar-refractivity contribution is 7.90. The molecule has 2 saturated carbocycles. The fourth-order valence-electron chi connectivity index (χ4n) is 3.81. The van der Waals surface area contributed by atoms with Gasteiger partial charge >= 0.3 is 0 Å². The zero-order valence-electron chi connectivity index (χ0n) is 17.6. The Hall–Kier alpha value is -3.20. The Morgan fingerprint density at radius 3 is 2.72 bits per heavy atom. The molecule has 3 aromatic rings. The number of rotatable bonds is 8. The summed E-state index contributed by atoms with van der Waals surface area (Å²) < 4.78 is 39.8. The minimum absolute atomic E-state index is 0.0150. The molecule has 166 valence electrons. The molecular weight excluding hydrogens is 430 g/mol. The van der Waals surface area contributed by atoms with E-state index in [0.717, 1.165) is 12.8 Å². The lowest BCUT2D eigenvalue weighted by molar-refractivity contribution is -0.121. The zero-order valence-corrected chi connectivity index (χ0v) is 18.4. The van der Waals surface area contributed by atoms with Crippen molar-refractivity contribution in [2.24, 2.45) is 5.92 Å². The van der Waals surface area contributed by atoms with Crippen LogP contribution >= 0.6 is 0 Å². The summed E-state index contributed by atoms with van der Waals surface area (Å²) in [6, 6.07) is 9.86. The molecule has 0 unspecified atom stereocenters. The summed E-state index contributed by atoms with van der Waals surface area (Å²) in [5, 5.41) is 0.455. The zero-order chi connectivity index (χ0) is 22.3. The lowest BCUT2D eigenvalue weighted by atomic mass is 9.96. The molecule has 2 heterocycles. The molecule has 1 N–H and O–H groups in total. The Bertz CT molecular complexity index is 1290. The maximum Gasteiger partial charge on any atom is 0.264 e. The molecule has 2 aliphatic carbocycles. The molecule has 32 heavy (non-hydrogen) atoms. The molecule has 1 amide bonds. The number of amides is 1. The molecule has 0 atom stereocenters. The molecule has 0 aliphatic heterocycles. The maximum absolute atomic E-state index is 13.3. The molecule has 0 saturated heterocycles. The van der Waals surface area contributed by atoms with Crippen LogP contribution in [0.15, 0.2) is 53.7 Å². The summed E-state index contributed by atoms with van der Waals surface area (Å²) in [5.41, 5.74) is 0.0811. The van der Waals surface area contributed by atoms with Crippen LogP contribution < -0.4 is 14.2 Å². The van der Waals surface area contributed by atoms with E-state index in [-0.39, 0.29) is 4.90 Å². The van der Waals surface area contributed by atoms with Crippen LogP contribution in [0.4, 0.5) is 0 Å². The highest BCUT2D eigenvalue weighted by Crippen LogP contribution is 2.52. The van der Waals surface area contributed by atoms with Gasteiger partial charge in [-0.1, -0.05) is 6.07 Å². The number of fused-ring (bicyclic) bond motifs is 1. The Labute approximate surface area is 186 Å². The van der Waals surface area contributed by atoms with Gasteiger partial charge in [-0.25, -0.2) is 18.1 Å². The minimum Gasteiger partial charge on any atom is -0.495 e. The van der Waals surface area contributed by atoms with Crippen LogP contribution in [0, 0.1) is 5.92 Å². The first-order valence-electron chi connectivity index (χ1n) is 10.5. The van der Waals surface area contributed by atoms with Crippen LogP contribution in [0.3, 0.4) is 0 Å². The number of carbonyl (C=O) groups is 1. The van der Waals surface area contributed by atoms with Gasteiger partial charge in [-0.05, 0) is 61.9 Å². The van der Waals surface area contributed by atoms with Gasteiger partial charge in [0.25, 0.3) is 10.0 Å². The standard InChI is InChI=1S/C23H23N3O5S/c1-30-16-12-18(21(25-13-16)31-14-15-7-8-15)23(9-10-23)22(27)26-32(28,29)20-6-2-5-19-17(20)4-3-11-24-19/h2-6,11-13,15H,7-10,14H2,1H3,(H,26,27). The molecule has 0 radical (unpaired) electrons. The van der Waals surface area contributed by atoms with E-state index < -0.39 is 21.3 Å². The molecule has 1 aromatic carbocycles. The van der Waals surface area contributed by atoms with Crippen molar-refractivity contribution in [2.75, 3.05) is 13.7 Å². The van der Waals surface area contributed by atoms with Crippen LogP contribution in [0.25, 0.3) is 10.9 Å². The van der Waals surface area contributed by atoms with E-state index in [2.05, 4.69) is 14.7 Å². The number of hydrogen-bond acceptors (Lipinski definition) is 7. The van der Waals surface area contributed by atoms with E-state index in [9.17, 15) is 13.2 Å². The Morgan fingerprint density at radius 2 is 2.00 bits per heavy atom. The molecule has 9 heteroatoms. The van der Waals surface area contributed by atoms with E-state index in [4.69, 9.17) is 9.47 Å². The Balaban J connectivity index is 1.46. The maximum atomic E-state index is 13.3. The highest BCUT2D eigenvalue weighted by atomic mass is 32.2. The monoisotopic (exact) mass is 453 g/mol. The molecule has 0 bridgehead atoms. The second-order valence-electron chi connectivity index (χ2n) is 8.33. The van der Waals surface area contributed by atoms with Crippen LogP contribution in [-0.2, 0) is 20.2 Å². The Kier molecular flexibility index (Phi) is 5.00. The summed E-state index contributed by atoms with van der Waals surface area (Å²) in [6.07, 6.45) is 6.37. The first kappa shape index (κ1) is 20.7. The number of methoxy groups -OCH3 is 1. The second-order valence-corrected chi connectivity index (χ2v) is 9.98. The van der Waals surface area contributed by atoms with E-state index in [0.29, 0.717) is 53.5 Å². The summed E-state index contributed by atoms with van der Waals surface area (Å²) in [6.45, 7) is 0.533. The number of hydrogen-bond donors (Lipinski definition) is 1. The first-order chi connectivity index (χ1) is 15.4. The van der Waals surface area contributed by atoms with Crippen molar-refractivity contribution in [1.82, 2.24) is 14.7 Å². The van der Waals surface area contributed by atoms with E-state index in [1.807, 2.05) is 0 Å². The molecule has 2 aliphatic rings. The topological polar surface area (TPSA) is 107 Å². The predicted octanol–water partition coefficient (Wildman–Crippen LogP) is 2.96. The molecule has 5 rings (SSSR count). The van der Waals surface area contributed by atoms with Crippen LogP contribution in [0.1, 0.15) is 31.2 Å². The van der Waals surface area contributed by atoms with E-state index in [1.54, 1.807) is 42.7 Å². The van der Waals surface area contributed by atoms with Gasteiger partial charge in [0.05, 0.1) is 35.7 Å². The van der Waals surface area contributed by atoms with Gasteiger partial charge < -0.3 is 9.47 Å². The van der Waals surface area contributed by atoms with Gasteiger partial charge in [-0.2, -0.15) is 0 Å². The quantitative estimate of drug-likeness (QED) is 0.559. The van der Waals surface area contributed by atoms with Gasteiger partial charge in [-0.15, -0.1) is 0 Å². The van der Waals surface area contributed by atoms with Crippen molar-refractivity contribution in [2.45, 2.75) is 36.0 Å². The Morgan fingerprint density at radius 1 is 1.19 bits per heavy atom. The van der Waals surface area contributed by atoms with Gasteiger partial charge in [-0.3, -0.25) is 9.78 Å². The predicted molar refractivity (Wildman–Crippen MR) is 117 cm³/mol. The number of pyridine rings is 2. The minimum atomic E-state index is -4.11. The van der Waals surface area contributed by atoms with Crippen molar-refractivity contribution < 1.29 is 22.7 Å². The number of carbonyl (C=O) groups excluding carboxylic acids is 1. The molecule has 2 aromatic heterocycles. The number of nitrogens with one attached hydrogen (secondary N) is 1. The van der Waals surface area contributed by atoms with Crippen LogP contribution in [0.2, 0.25) is 0 Å². The van der Waals surface area contributed by atoms with E-state index >= 15 is 0 Å². The fraction of sp³-hybridized carbons (Fsp3) is 0.348. The van der Waals surface area contributed by atoms with Crippen molar-refractivity contribution >= 4 is 26.8 Å². The SMILES string of the molecule is COc1cnc(OCC2CC2)c(C2(C(=O)NS(=O)(=O)c3cccc4ncccc34)CC2)c1. The lowest BCUT2D eigenvalue weighted by Gasteiger charge is -2.20. The number of aromatic nitrogens is 2. The fourth-order valence-corrected chi connectivity index (χ4v) is 5.08. The van der Waals surface area contributed by atoms with Crippen molar-refractivity contribution in [3.05, 3.63) is 54.4 Å². The largest absolute Gasteiger partial charge is 0.495 e. The summed E-state index contributed by atoms with van der Waals surface area (Å²) in [5.74, 6) is 0.763. The third-order valence-corrected chi connectivity index (χ3v) is 7.43. The van der Waals surface area contributed by atoms with Crippen molar-refractivity contribution in [1.29, 1.82) is 0 Å². The van der Waals surface area contributed by atoms with Crippen LogP contribution in [-0.4, -0.2) is 38.0 Å². The average Bonchev–Trinajstić information content (AvgIpc) is 3.71. The number of sulfonamides is 1. The summed E-state index contributed by atoms with van der Waals surface area (Å²) in [7, 11) is -2.60. The lowest BCUT2D eigenvalue weighted by Crippen LogP contribution is -2.39. The average molecular weight is 454 g/mol. The van der Waals surface area contributed by atoms with Crippen LogP contribution in [0.5, 0.6) is 11.6 Å². The summed E-state index contributed by atoms with van der Waals surface area (Å²) >= 11 is 0. The van der Waals surface area contributed by atoms with Gasteiger partial charge in [0.2, 0.25) is 11.8 Å². The van der Waals surface area contributed by atoms with Crippen molar-refractivity contribution in [3.8, 4) is 11.6 Å². The number of benzene rings is 1. The third-order valence-electron chi connectivity index (χ3n) is 6.04. The second kappa shape index (κ2) is 7.74. The third kappa shape index (κ3) is 3.77. The van der Waals surface area contributed by atoms with Gasteiger partial charge in [0, 0.05) is 17.1 Å². The van der Waals surface area contributed by atoms with Gasteiger partial charge in [0.1, 0.15) is 5.75 Å². The molecule has 2 fully saturated rings. The molecular formula is C23H23N3O5S. The summed E-state index contributed by atoms with van der Waals surface area (Å²) in [4.78, 5) is 21.9. The number of nitrogens with zero attached hydrogens (tertiary/aromatic N) is 2. The highest BCUT2D eigenvalue weighted by Gasteiger charge is 2.54. The van der Waals surface area contributed by atoms with E-state index in [1.165, 1.54) is 13.2 Å². The first-order valence-corrected chi connectivity index (χ1v) is 12.0. The normalized spacial score (nSPS) is 17.0. The smallest absolute Gasteiger partial charge is 0.264 e. The number of ether oxygens (including phenoxy) is 2.